The molecule has 0 fully saturated rings. The smallest absolute Gasteiger partial charge is 0.171 e. The Morgan fingerprint density at radius 2 is 0.893 bits per heavy atom. The molecule has 0 bridgehead atoms. The third-order valence-electron chi connectivity index (χ3n) is 3.66. The minimum absolute atomic E-state index is 0.240. The van der Waals surface area contributed by atoms with Crippen molar-refractivity contribution in [1.82, 2.24) is 0 Å². The molecular weight excluding hydrogens is 357 g/mol. The highest BCUT2D eigenvalue weighted by Crippen LogP contribution is 2.28. The maximum absolute atomic E-state index is 11.6. The minimum Gasteiger partial charge on any atom is -0.171 e. The zero-order chi connectivity index (χ0) is 24.0. The summed E-state index contributed by atoms with van der Waals surface area (Å²) in [5.74, 6) is 0.581. The number of hydrogen-bond donors (Lipinski definition) is 0. The highest BCUT2D eigenvalue weighted by atomic mass is 19.4. The molecule has 0 aliphatic heterocycles. The molecule has 0 aliphatic carbocycles. The number of unbranched alkanes of at least 4 members (excludes halogenated alkanes) is 1. The lowest BCUT2D eigenvalue weighted by atomic mass is 9.94. The second-order valence-electron chi connectivity index (χ2n) is 9.68. The first kappa shape index (κ1) is 38.4. The second-order valence-corrected chi connectivity index (χ2v) is 9.68. The van der Waals surface area contributed by atoms with Gasteiger partial charge in [-0.3, -0.25) is 0 Å². The van der Waals surface area contributed by atoms with E-state index in [0.29, 0.717) is 11.8 Å². The first-order valence-electron chi connectivity index (χ1n) is 11.5. The van der Waals surface area contributed by atoms with E-state index < -0.39 is 12.1 Å². The molecule has 0 saturated heterocycles. The van der Waals surface area contributed by atoms with Crippen molar-refractivity contribution in [2.45, 2.75) is 142 Å². The molecule has 0 rings (SSSR count). The van der Waals surface area contributed by atoms with E-state index in [1.807, 2.05) is 0 Å². The topological polar surface area (TPSA) is 0 Å². The zero-order valence-corrected chi connectivity index (χ0v) is 22.1. The fraction of sp³-hybridized carbons (Fsp3) is 1.00. The first-order chi connectivity index (χ1) is 12.5. The van der Waals surface area contributed by atoms with Crippen LogP contribution in [0.4, 0.5) is 13.2 Å². The number of hydrogen-bond acceptors (Lipinski definition) is 0. The van der Waals surface area contributed by atoms with Gasteiger partial charge in [-0.15, -0.1) is 0 Å². The third kappa shape index (κ3) is 72.5. The van der Waals surface area contributed by atoms with E-state index in [9.17, 15) is 13.2 Å². The van der Waals surface area contributed by atoms with Crippen LogP contribution >= 0.6 is 0 Å². The van der Waals surface area contributed by atoms with Crippen LogP contribution in [-0.4, -0.2) is 6.18 Å². The summed E-state index contributed by atoms with van der Waals surface area (Å²) < 4.78 is 34.9. The van der Waals surface area contributed by atoms with Gasteiger partial charge < -0.3 is 0 Å². The highest BCUT2D eigenvalue weighted by molar-refractivity contribution is 4.60. The number of rotatable bonds is 4. The van der Waals surface area contributed by atoms with Gasteiger partial charge in [0.15, 0.2) is 0 Å². The molecule has 28 heavy (non-hydrogen) atoms. The Balaban J connectivity index is -0.0000000822. The van der Waals surface area contributed by atoms with Gasteiger partial charge in [0, 0.05) is 0 Å². The lowest BCUT2D eigenvalue weighted by Crippen LogP contribution is -2.19. The van der Waals surface area contributed by atoms with Gasteiger partial charge in [0.2, 0.25) is 0 Å². The van der Waals surface area contributed by atoms with E-state index in [4.69, 9.17) is 0 Å². The Bertz CT molecular complexity index is 243. The van der Waals surface area contributed by atoms with Crippen LogP contribution in [0, 0.1) is 23.2 Å². The summed E-state index contributed by atoms with van der Waals surface area (Å²) in [5.41, 5.74) is 0.542. The molecule has 0 radical (unpaired) electrons. The average Bonchev–Trinajstić information content (AvgIpc) is 2.54. The normalized spacial score (nSPS) is 11.7. The highest BCUT2D eigenvalue weighted by Gasteiger charge is 2.34. The van der Waals surface area contributed by atoms with Crippen molar-refractivity contribution in [3.05, 3.63) is 0 Å². The maximum Gasteiger partial charge on any atom is 0.391 e. The summed E-state index contributed by atoms with van der Waals surface area (Å²) in [7, 11) is 0. The van der Waals surface area contributed by atoms with Crippen molar-refractivity contribution in [2.24, 2.45) is 23.2 Å². The van der Waals surface area contributed by atoms with Crippen LogP contribution in [-0.2, 0) is 0 Å². The summed E-state index contributed by atoms with van der Waals surface area (Å²) in [4.78, 5) is 0. The van der Waals surface area contributed by atoms with Crippen molar-refractivity contribution in [3.63, 3.8) is 0 Å². The zero-order valence-electron chi connectivity index (χ0n) is 22.1. The van der Waals surface area contributed by atoms with Crippen LogP contribution in [0.3, 0.4) is 0 Å². The van der Waals surface area contributed by atoms with Crippen LogP contribution in [0.25, 0.3) is 0 Å². The maximum atomic E-state index is 11.6. The molecule has 1 atom stereocenters. The molecule has 0 aromatic rings. The average molecular weight is 415 g/mol. The summed E-state index contributed by atoms with van der Waals surface area (Å²) in [5, 5.41) is 0. The van der Waals surface area contributed by atoms with Crippen LogP contribution < -0.4 is 0 Å². The Morgan fingerprint density at radius 1 is 0.643 bits per heavy atom. The van der Waals surface area contributed by atoms with Gasteiger partial charge in [-0.05, 0) is 23.7 Å². The molecule has 0 N–H and O–H groups in total. The van der Waals surface area contributed by atoms with Crippen LogP contribution in [0.15, 0.2) is 0 Å². The van der Waals surface area contributed by atoms with Gasteiger partial charge in [-0.1, -0.05) is 129 Å². The third-order valence-corrected chi connectivity index (χ3v) is 3.66. The van der Waals surface area contributed by atoms with Crippen molar-refractivity contribution >= 4 is 0 Å². The summed E-state index contributed by atoms with van der Waals surface area (Å²) in [6.07, 6.45) is 2.06. The summed E-state index contributed by atoms with van der Waals surface area (Å²) in [6, 6.07) is 0. The quantitative estimate of drug-likeness (QED) is 0.429. The van der Waals surface area contributed by atoms with E-state index in [0.717, 1.165) is 11.8 Å². The van der Waals surface area contributed by atoms with E-state index in [1.165, 1.54) is 32.6 Å². The largest absolute Gasteiger partial charge is 0.391 e. The van der Waals surface area contributed by atoms with Crippen molar-refractivity contribution in [1.29, 1.82) is 0 Å². The van der Waals surface area contributed by atoms with E-state index in [-0.39, 0.29) is 6.42 Å². The van der Waals surface area contributed by atoms with Gasteiger partial charge in [-0.2, -0.15) is 13.2 Å². The molecule has 0 aromatic heterocycles. The molecule has 0 amide bonds. The fourth-order valence-corrected chi connectivity index (χ4v) is 0.597. The van der Waals surface area contributed by atoms with Crippen molar-refractivity contribution < 1.29 is 13.2 Å². The lowest BCUT2D eigenvalue weighted by Gasteiger charge is -2.13. The molecule has 0 saturated carbocycles. The van der Waals surface area contributed by atoms with Crippen LogP contribution in [0.2, 0.25) is 0 Å². The predicted molar refractivity (Wildman–Crippen MR) is 126 cm³/mol. The van der Waals surface area contributed by atoms with Gasteiger partial charge >= 0.3 is 6.18 Å². The van der Waals surface area contributed by atoms with E-state index in [1.54, 1.807) is 6.92 Å². The molecule has 0 aromatic carbocycles. The molecule has 0 spiro atoms. The molecule has 3 heteroatoms. The van der Waals surface area contributed by atoms with Crippen LogP contribution in [0.1, 0.15) is 135 Å². The second kappa shape index (κ2) is 24.8. The molecule has 0 nitrogen and oxygen atoms in total. The van der Waals surface area contributed by atoms with Crippen LogP contribution in [0.5, 0.6) is 0 Å². The molecular formula is C25H57F3. The Hall–Kier alpha value is -0.210. The standard InChI is InChI=1S/C6H11F3.C6H14.C5H12.2C4H10/c1-3-4-5(2)6(7,8)9;1-5-6(2,3)4;1-4-5(2)3;1-4(2)3;1-3-4-2/h5H,3-4H2,1-2H3;5H2,1-4H3;5H,4H2,1-3H3;4H,1-3H3;3-4H2,1-2H3. The Labute approximate surface area is 178 Å². The number of alkyl halides is 3. The summed E-state index contributed by atoms with van der Waals surface area (Å²) in [6.45, 7) is 29.4. The van der Waals surface area contributed by atoms with Gasteiger partial charge in [0.05, 0.1) is 5.92 Å². The van der Waals surface area contributed by atoms with Gasteiger partial charge in [0.25, 0.3) is 0 Å². The van der Waals surface area contributed by atoms with Crippen molar-refractivity contribution in [3.8, 4) is 0 Å². The molecule has 0 heterocycles. The SMILES string of the molecule is CC(C)C.CCC(C)(C)C.CCC(C)C.CCCC.CCCC(C)C(F)(F)F. The lowest BCUT2D eigenvalue weighted by molar-refractivity contribution is -0.171. The summed E-state index contributed by atoms with van der Waals surface area (Å²) >= 11 is 0. The molecule has 1 unspecified atom stereocenters. The monoisotopic (exact) mass is 414 g/mol. The Morgan fingerprint density at radius 3 is 0.929 bits per heavy atom. The van der Waals surface area contributed by atoms with Crippen molar-refractivity contribution in [2.75, 3.05) is 0 Å². The molecule has 178 valence electrons. The first-order valence-corrected chi connectivity index (χ1v) is 11.5. The number of halogens is 3. The van der Waals surface area contributed by atoms with Gasteiger partial charge in [0.1, 0.15) is 0 Å². The van der Waals surface area contributed by atoms with Gasteiger partial charge in [-0.25, -0.2) is 0 Å². The van der Waals surface area contributed by atoms with E-state index in [2.05, 4.69) is 83.1 Å². The van der Waals surface area contributed by atoms with E-state index >= 15 is 0 Å². The predicted octanol–water partition coefficient (Wildman–Crippen LogP) is 10.9. The fourth-order valence-electron chi connectivity index (χ4n) is 0.597. The minimum atomic E-state index is -3.99. The Kier molecular flexibility index (Phi) is 34.1. The molecule has 0 aliphatic rings.